The molecular weight excluding hydrogens is 276 g/mol. The molecule has 1 amide bonds. The van der Waals surface area contributed by atoms with Crippen LogP contribution in [0.3, 0.4) is 0 Å². The van der Waals surface area contributed by atoms with Crippen LogP contribution < -0.4 is 10.1 Å². The Bertz CT molecular complexity index is 561. The number of para-hydroxylation sites is 1. The fraction of sp³-hybridized carbons (Fsp3) is 0.200. The van der Waals surface area contributed by atoms with Crippen LogP contribution in [0.25, 0.3) is 0 Å². The fourth-order valence-electron chi connectivity index (χ4n) is 1.63. The number of nitrogens with zero attached hydrogens (tertiary/aromatic N) is 1. The first-order valence-corrected chi connectivity index (χ1v) is 6.72. The highest BCUT2D eigenvalue weighted by atomic mass is 35.5. The standard InChI is InChI=1S/C15H15ClN2O2/c16-15-13(8-4-10-17-15)18-14(19)9-5-11-20-12-6-2-1-3-7-12/h1-4,6-8,10H,5,9,11H2,(H,18,19). The smallest absolute Gasteiger partial charge is 0.224 e. The maximum Gasteiger partial charge on any atom is 0.224 e. The lowest BCUT2D eigenvalue weighted by molar-refractivity contribution is -0.116. The number of ether oxygens (including phenoxy) is 1. The molecule has 0 bridgehead atoms. The van der Waals surface area contributed by atoms with E-state index < -0.39 is 0 Å². The van der Waals surface area contributed by atoms with Crippen molar-refractivity contribution in [3.8, 4) is 5.75 Å². The predicted molar refractivity (Wildman–Crippen MR) is 79.0 cm³/mol. The molecule has 2 rings (SSSR count). The molecule has 0 atom stereocenters. The van der Waals surface area contributed by atoms with Crippen molar-refractivity contribution < 1.29 is 9.53 Å². The average Bonchev–Trinajstić information content (AvgIpc) is 2.47. The summed E-state index contributed by atoms with van der Waals surface area (Å²) in [6.07, 6.45) is 2.59. The highest BCUT2D eigenvalue weighted by Gasteiger charge is 2.05. The van der Waals surface area contributed by atoms with Gasteiger partial charge >= 0.3 is 0 Å². The van der Waals surface area contributed by atoms with Gasteiger partial charge in [0.2, 0.25) is 5.91 Å². The molecule has 2 aromatic rings. The van der Waals surface area contributed by atoms with Crippen LogP contribution in [0.15, 0.2) is 48.7 Å². The molecule has 0 radical (unpaired) electrons. The van der Waals surface area contributed by atoms with Gasteiger partial charge in [-0.05, 0) is 30.7 Å². The van der Waals surface area contributed by atoms with Gasteiger partial charge in [-0.1, -0.05) is 29.8 Å². The monoisotopic (exact) mass is 290 g/mol. The van der Waals surface area contributed by atoms with Crippen molar-refractivity contribution in [2.45, 2.75) is 12.8 Å². The Kier molecular flexibility index (Phi) is 5.38. The van der Waals surface area contributed by atoms with Gasteiger partial charge < -0.3 is 10.1 Å². The molecule has 1 heterocycles. The van der Waals surface area contributed by atoms with Crippen LogP contribution in [-0.2, 0) is 4.79 Å². The van der Waals surface area contributed by atoms with Crippen LogP contribution in [0.2, 0.25) is 5.15 Å². The third kappa shape index (κ3) is 4.55. The summed E-state index contributed by atoms with van der Waals surface area (Å²) in [4.78, 5) is 15.6. The van der Waals surface area contributed by atoms with Crippen molar-refractivity contribution in [2.24, 2.45) is 0 Å². The van der Waals surface area contributed by atoms with E-state index in [1.807, 2.05) is 30.3 Å². The number of carbonyl (C=O) groups excluding carboxylic acids is 1. The lowest BCUT2D eigenvalue weighted by atomic mass is 10.3. The van der Waals surface area contributed by atoms with Crippen LogP contribution in [-0.4, -0.2) is 17.5 Å². The molecule has 104 valence electrons. The topological polar surface area (TPSA) is 51.2 Å². The number of carbonyl (C=O) groups is 1. The number of pyridine rings is 1. The van der Waals surface area contributed by atoms with Crippen LogP contribution in [0.5, 0.6) is 5.75 Å². The largest absolute Gasteiger partial charge is 0.494 e. The van der Waals surface area contributed by atoms with Gasteiger partial charge in [0, 0.05) is 12.6 Å². The Labute approximate surface area is 122 Å². The van der Waals surface area contributed by atoms with E-state index >= 15 is 0 Å². The summed E-state index contributed by atoms with van der Waals surface area (Å²) in [7, 11) is 0. The molecule has 0 aliphatic rings. The number of amides is 1. The first-order chi connectivity index (χ1) is 9.75. The van der Waals surface area contributed by atoms with E-state index in [1.165, 1.54) is 0 Å². The molecule has 4 nitrogen and oxygen atoms in total. The maximum atomic E-state index is 11.7. The summed E-state index contributed by atoms with van der Waals surface area (Å²) in [6.45, 7) is 0.498. The summed E-state index contributed by atoms with van der Waals surface area (Å²) in [5.74, 6) is 0.708. The molecule has 0 fully saturated rings. The van der Waals surface area contributed by atoms with E-state index in [4.69, 9.17) is 16.3 Å². The van der Waals surface area contributed by atoms with Crippen LogP contribution in [0.1, 0.15) is 12.8 Å². The molecule has 5 heteroatoms. The summed E-state index contributed by atoms with van der Waals surface area (Å²) in [5.41, 5.74) is 0.531. The van der Waals surface area contributed by atoms with Crippen molar-refractivity contribution in [1.82, 2.24) is 4.98 Å². The van der Waals surface area contributed by atoms with Crippen molar-refractivity contribution >= 4 is 23.2 Å². The van der Waals surface area contributed by atoms with Gasteiger partial charge in [-0.3, -0.25) is 4.79 Å². The normalized spacial score (nSPS) is 10.1. The van der Waals surface area contributed by atoms with Crippen LogP contribution in [0, 0.1) is 0 Å². The van der Waals surface area contributed by atoms with Crippen molar-refractivity contribution in [1.29, 1.82) is 0 Å². The van der Waals surface area contributed by atoms with Crippen molar-refractivity contribution in [3.63, 3.8) is 0 Å². The van der Waals surface area contributed by atoms with Gasteiger partial charge in [0.25, 0.3) is 0 Å². The number of hydrogen-bond acceptors (Lipinski definition) is 3. The number of benzene rings is 1. The molecule has 0 aliphatic heterocycles. The minimum Gasteiger partial charge on any atom is -0.494 e. The highest BCUT2D eigenvalue weighted by molar-refractivity contribution is 6.32. The van der Waals surface area contributed by atoms with Gasteiger partial charge in [-0.15, -0.1) is 0 Å². The third-order valence-electron chi connectivity index (χ3n) is 2.59. The molecule has 0 spiro atoms. The molecule has 20 heavy (non-hydrogen) atoms. The van der Waals surface area contributed by atoms with E-state index in [0.717, 1.165) is 5.75 Å². The second-order valence-corrected chi connectivity index (χ2v) is 4.51. The minimum absolute atomic E-state index is 0.100. The van der Waals surface area contributed by atoms with Crippen molar-refractivity contribution in [3.05, 3.63) is 53.8 Å². The molecule has 0 aliphatic carbocycles. The number of nitrogens with one attached hydrogen (secondary N) is 1. The molecule has 1 N–H and O–H groups in total. The minimum atomic E-state index is -0.100. The van der Waals surface area contributed by atoms with E-state index in [-0.39, 0.29) is 5.91 Å². The zero-order valence-corrected chi connectivity index (χ0v) is 11.6. The maximum absolute atomic E-state index is 11.7. The van der Waals surface area contributed by atoms with E-state index in [0.29, 0.717) is 30.3 Å². The van der Waals surface area contributed by atoms with Gasteiger partial charge in [0.1, 0.15) is 5.75 Å². The summed E-state index contributed by atoms with van der Waals surface area (Å²) in [6, 6.07) is 13.0. The van der Waals surface area contributed by atoms with E-state index in [1.54, 1.807) is 18.3 Å². The van der Waals surface area contributed by atoms with Gasteiger partial charge in [0.15, 0.2) is 5.15 Å². The fourth-order valence-corrected chi connectivity index (χ4v) is 1.80. The Morgan fingerprint density at radius 2 is 2.00 bits per heavy atom. The summed E-state index contributed by atoms with van der Waals surface area (Å²) >= 11 is 5.86. The number of rotatable bonds is 6. The van der Waals surface area contributed by atoms with E-state index in [9.17, 15) is 4.79 Å². The van der Waals surface area contributed by atoms with Gasteiger partial charge in [0.05, 0.1) is 12.3 Å². The number of hydrogen-bond donors (Lipinski definition) is 1. The Morgan fingerprint density at radius 1 is 1.20 bits per heavy atom. The molecule has 1 aromatic carbocycles. The SMILES string of the molecule is O=C(CCCOc1ccccc1)Nc1cccnc1Cl. The molecular formula is C15H15ClN2O2. The van der Waals surface area contributed by atoms with Crippen LogP contribution >= 0.6 is 11.6 Å². The Hall–Kier alpha value is -2.07. The van der Waals surface area contributed by atoms with Crippen LogP contribution in [0.4, 0.5) is 5.69 Å². The first kappa shape index (κ1) is 14.3. The second kappa shape index (κ2) is 7.50. The van der Waals surface area contributed by atoms with E-state index in [2.05, 4.69) is 10.3 Å². The number of anilines is 1. The number of aromatic nitrogens is 1. The third-order valence-corrected chi connectivity index (χ3v) is 2.89. The molecule has 0 saturated heterocycles. The first-order valence-electron chi connectivity index (χ1n) is 6.34. The summed E-state index contributed by atoms with van der Waals surface area (Å²) in [5, 5.41) is 3.01. The zero-order chi connectivity index (χ0) is 14.2. The zero-order valence-electron chi connectivity index (χ0n) is 10.9. The molecule has 0 saturated carbocycles. The Morgan fingerprint density at radius 3 is 2.75 bits per heavy atom. The van der Waals surface area contributed by atoms with Crippen molar-refractivity contribution in [2.75, 3.05) is 11.9 Å². The lowest BCUT2D eigenvalue weighted by Crippen LogP contribution is -2.13. The lowest BCUT2D eigenvalue weighted by Gasteiger charge is -2.07. The van der Waals surface area contributed by atoms with Gasteiger partial charge in [-0.2, -0.15) is 0 Å². The Balaban J connectivity index is 1.69. The molecule has 1 aromatic heterocycles. The predicted octanol–water partition coefficient (Wildman–Crippen LogP) is 3.53. The highest BCUT2D eigenvalue weighted by Crippen LogP contribution is 2.17. The average molecular weight is 291 g/mol. The quantitative estimate of drug-likeness (QED) is 0.654. The molecule has 0 unspecified atom stereocenters. The van der Waals surface area contributed by atoms with Gasteiger partial charge in [-0.25, -0.2) is 4.98 Å². The summed E-state index contributed by atoms with van der Waals surface area (Å²) < 4.78 is 5.51. The second-order valence-electron chi connectivity index (χ2n) is 4.16. The number of halogens is 1.